The average molecular weight is 304 g/mol. The number of hydrogen-bond acceptors (Lipinski definition) is 2. The Kier molecular flexibility index (Phi) is 5.77. The van der Waals surface area contributed by atoms with Crippen molar-refractivity contribution in [2.24, 2.45) is 5.73 Å². The molecule has 2 N–H and O–H groups in total. The van der Waals surface area contributed by atoms with Gasteiger partial charge in [-0.1, -0.05) is 41.6 Å². The van der Waals surface area contributed by atoms with Crippen LogP contribution in [0.15, 0.2) is 42.5 Å². The summed E-state index contributed by atoms with van der Waals surface area (Å²) in [6.45, 7) is 0.873. The summed E-state index contributed by atoms with van der Waals surface area (Å²) in [7, 11) is 0. The highest BCUT2D eigenvalue weighted by Gasteiger charge is 2.03. The molecule has 0 saturated carbocycles. The van der Waals surface area contributed by atoms with Crippen LogP contribution in [0.1, 0.15) is 16.7 Å². The second-order valence-electron chi connectivity index (χ2n) is 4.43. The predicted molar refractivity (Wildman–Crippen MR) is 82.3 cm³/mol. The molecule has 108 valence electrons. The summed E-state index contributed by atoms with van der Waals surface area (Å²) in [6.07, 6.45) is 0. The fourth-order valence-electron chi connectivity index (χ4n) is 1.75. The van der Waals surface area contributed by atoms with Crippen molar-refractivity contribution in [2.75, 3.05) is 6.54 Å². The second-order valence-corrected chi connectivity index (χ2v) is 4.87. The van der Waals surface area contributed by atoms with Gasteiger partial charge in [0.1, 0.15) is 5.82 Å². The molecule has 0 spiro atoms. The van der Waals surface area contributed by atoms with Crippen LogP contribution in [0.2, 0.25) is 5.02 Å². The lowest BCUT2D eigenvalue weighted by atomic mass is 10.1. The van der Waals surface area contributed by atoms with Gasteiger partial charge in [-0.05, 0) is 29.8 Å². The van der Waals surface area contributed by atoms with E-state index in [1.165, 1.54) is 6.07 Å². The highest BCUT2D eigenvalue weighted by Crippen LogP contribution is 2.14. The number of ether oxygens (including phenoxy) is 1. The Morgan fingerprint density at radius 2 is 1.86 bits per heavy atom. The van der Waals surface area contributed by atoms with Gasteiger partial charge in [0.25, 0.3) is 0 Å². The van der Waals surface area contributed by atoms with Crippen molar-refractivity contribution in [3.8, 4) is 11.8 Å². The van der Waals surface area contributed by atoms with Crippen LogP contribution in [0.3, 0.4) is 0 Å². The molecule has 0 aliphatic rings. The molecule has 2 nitrogen and oxygen atoms in total. The standard InChI is InChI=1S/C17H15ClFNO/c18-16-7-4-14(5-8-16)11-21-12-15-6-3-13(2-1-9-20)10-17(15)19/h3-8,10H,9,11-12,20H2. The monoisotopic (exact) mass is 303 g/mol. The van der Waals surface area contributed by atoms with Gasteiger partial charge in [-0.25, -0.2) is 4.39 Å². The smallest absolute Gasteiger partial charge is 0.129 e. The Morgan fingerprint density at radius 1 is 1.10 bits per heavy atom. The molecule has 0 saturated heterocycles. The first-order valence-corrected chi connectivity index (χ1v) is 6.86. The summed E-state index contributed by atoms with van der Waals surface area (Å²) in [5, 5.41) is 0.680. The average Bonchev–Trinajstić information content (AvgIpc) is 2.49. The third-order valence-electron chi connectivity index (χ3n) is 2.83. The van der Waals surface area contributed by atoms with Gasteiger partial charge in [0.15, 0.2) is 0 Å². The van der Waals surface area contributed by atoms with Crippen LogP contribution in [0.4, 0.5) is 4.39 Å². The molecule has 0 aliphatic carbocycles. The van der Waals surface area contributed by atoms with E-state index in [0.29, 0.717) is 22.8 Å². The maximum atomic E-state index is 13.9. The first kappa shape index (κ1) is 15.5. The Labute approximate surface area is 128 Å². The molecule has 2 aromatic rings. The normalized spacial score (nSPS) is 10.0. The Balaban J connectivity index is 1.92. The van der Waals surface area contributed by atoms with Crippen molar-refractivity contribution >= 4 is 11.6 Å². The fraction of sp³-hybridized carbons (Fsp3) is 0.176. The zero-order chi connectivity index (χ0) is 15.1. The molecule has 0 atom stereocenters. The van der Waals surface area contributed by atoms with E-state index in [1.807, 2.05) is 12.1 Å². The van der Waals surface area contributed by atoms with Gasteiger partial charge in [0, 0.05) is 16.1 Å². The first-order valence-electron chi connectivity index (χ1n) is 6.48. The lowest BCUT2D eigenvalue weighted by molar-refractivity contribution is 0.105. The third kappa shape index (κ3) is 4.87. The lowest BCUT2D eigenvalue weighted by Gasteiger charge is -2.06. The first-order chi connectivity index (χ1) is 10.2. The largest absolute Gasteiger partial charge is 0.372 e. The quantitative estimate of drug-likeness (QED) is 0.877. The maximum absolute atomic E-state index is 13.9. The molecule has 0 amide bonds. The van der Waals surface area contributed by atoms with Crippen LogP contribution in [-0.4, -0.2) is 6.54 Å². The van der Waals surface area contributed by atoms with E-state index in [9.17, 15) is 4.39 Å². The molecule has 0 radical (unpaired) electrons. The molecule has 0 heterocycles. The van der Waals surface area contributed by atoms with Crippen LogP contribution in [-0.2, 0) is 18.0 Å². The molecule has 2 aromatic carbocycles. The summed E-state index contributed by atoms with van der Waals surface area (Å²) >= 11 is 5.80. The van der Waals surface area contributed by atoms with Crippen molar-refractivity contribution in [1.29, 1.82) is 0 Å². The van der Waals surface area contributed by atoms with Gasteiger partial charge in [0.05, 0.1) is 19.8 Å². The van der Waals surface area contributed by atoms with Crippen molar-refractivity contribution in [3.05, 3.63) is 70.0 Å². The molecule has 0 aromatic heterocycles. The van der Waals surface area contributed by atoms with Crippen LogP contribution < -0.4 is 5.73 Å². The van der Waals surface area contributed by atoms with Gasteiger partial charge < -0.3 is 10.5 Å². The van der Waals surface area contributed by atoms with E-state index >= 15 is 0 Å². The molecule has 0 bridgehead atoms. The van der Waals surface area contributed by atoms with E-state index in [2.05, 4.69) is 11.8 Å². The van der Waals surface area contributed by atoms with E-state index in [-0.39, 0.29) is 19.0 Å². The Hall–Kier alpha value is -1.86. The number of rotatable bonds is 4. The summed E-state index contributed by atoms with van der Waals surface area (Å²) in [5.41, 5.74) is 7.38. The van der Waals surface area contributed by atoms with E-state index in [0.717, 1.165) is 5.56 Å². The topological polar surface area (TPSA) is 35.2 Å². The SMILES string of the molecule is NCC#Cc1ccc(COCc2ccc(Cl)cc2)c(F)c1. The van der Waals surface area contributed by atoms with Gasteiger partial charge in [-0.3, -0.25) is 0 Å². The summed E-state index contributed by atoms with van der Waals surface area (Å²) in [4.78, 5) is 0. The van der Waals surface area contributed by atoms with Crippen LogP contribution in [0.25, 0.3) is 0 Å². The van der Waals surface area contributed by atoms with Crippen molar-refractivity contribution in [1.82, 2.24) is 0 Å². The zero-order valence-electron chi connectivity index (χ0n) is 11.4. The molecular formula is C17H15ClFNO. The Morgan fingerprint density at radius 3 is 2.52 bits per heavy atom. The summed E-state index contributed by atoms with van der Waals surface area (Å²) in [6, 6.07) is 12.2. The second kappa shape index (κ2) is 7.80. The van der Waals surface area contributed by atoms with Gasteiger partial charge in [0.2, 0.25) is 0 Å². The van der Waals surface area contributed by atoms with E-state index in [1.54, 1.807) is 24.3 Å². The highest BCUT2D eigenvalue weighted by molar-refractivity contribution is 6.30. The van der Waals surface area contributed by atoms with Gasteiger partial charge in [-0.2, -0.15) is 0 Å². The minimum atomic E-state index is -0.324. The Bertz CT molecular complexity index is 659. The van der Waals surface area contributed by atoms with Crippen LogP contribution >= 0.6 is 11.6 Å². The van der Waals surface area contributed by atoms with Gasteiger partial charge >= 0.3 is 0 Å². The third-order valence-corrected chi connectivity index (χ3v) is 3.08. The minimum absolute atomic E-state index is 0.207. The van der Waals surface area contributed by atoms with Gasteiger partial charge in [-0.15, -0.1) is 0 Å². The number of hydrogen-bond donors (Lipinski definition) is 1. The molecule has 0 unspecified atom stereocenters. The zero-order valence-corrected chi connectivity index (χ0v) is 12.2. The molecule has 0 fully saturated rings. The van der Waals surface area contributed by atoms with Crippen LogP contribution in [0, 0.1) is 17.7 Å². The molecule has 0 aliphatic heterocycles. The molecule has 2 rings (SSSR count). The van der Waals surface area contributed by atoms with Crippen molar-refractivity contribution < 1.29 is 9.13 Å². The minimum Gasteiger partial charge on any atom is -0.372 e. The number of benzene rings is 2. The maximum Gasteiger partial charge on any atom is 0.129 e. The van der Waals surface area contributed by atoms with Crippen LogP contribution in [0.5, 0.6) is 0 Å². The molecule has 4 heteroatoms. The molecule has 21 heavy (non-hydrogen) atoms. The molecular weight excluding hydrogens is 289 g/mol. The van der Waals surface area contributed by atoms with E-state index in [4.69, 9.17) is 22.1 Å². The van der Waals surface area contributed by atoms with Crippen molar-refractivity contribution in [3.63, 3.8) is 0 Å². The summed E-state index contributed by atoms with van der Waals surface area (Å²) in [5.74, 6) is 5.16. The summed E-state index contributed by atoms with van der Waals surface area (Å²) < 4.78 is 19.4. The van der Waals surface area contributed by atoms with Crippen molar-refractivity contribution in [2.45, 2.75) is 13.2 Å². The highest BCUT2D eigenvalue weighted by atomic mass is 35.5. The van der Waals surface area contributed by atoms with E-state index < -0.39 is 0 Å². The lowest BCUT2D eigenvalue weighted by Crippen LogP contribution is -1.98. The number of halogens is 2. The number of nitrogens with two attached hydrogens (primary N) is 1. The fourth-order valence-corrected chi connectivity index (χ4v) is 1.88. The predicted octanol–water partition coefficient (Wildman–Crippen LogP) is 3.51.